The molecule has 5 heteroatoms. The maximum atomic E-state index is 13.5. The van der Waals surface area contributed by atoms with Crippen molar-refractivity contribution in [2.75, 3.05) is 13.1 Å². The van der Waals surface area contributed by atoms with Crippen molar-refractivity contribution in [3.63, 3.8) is 0 Å². The van der Waals surface area contributed by atoms with Crippen LogP contribution >= 0.6 is 0 Å². The zero-order chi connectivity index (χ0) is 27.1. The third-order valence-electron chi connectivity index (χ3n) is 6.38. The minimum absolute atomic E-state index is 0.0257. The summed E-state index contributed by atoms with van der Waals surface area (Å²) >= 11 is 0. The molecule has 5 aromatic rings. The Kier molecular flexibility index (Phi) is 7.94. The molecular weight excluding hydrogens is 500 g/mol. The number of nitrogens with zero attached hydrogens (tertiary/aromatic N) is 2. The second kappa shape index (κ2) is 11.9. The highest BCUT2D eigenvalue weighted by molar-refractivity contribution is 7.89. The third-order valence-corrected chi connectivity index (χ3v) is 8.19. The zero-order valence-corrected chi connectivity index (χ0v) is 22.5. The van der Waals surface area contributed by atoms with E-state index in [0.717, 1.165) is 34.1 Å². The van der Waals surface area contributed by atoms with Crippen molar-refractivity contribution >= 4 is 20.9 Å². The van der Waals surface area contributed by atoms with Gasteiger partial charge in [-0.25, -0.2) is 8.42 Å². The number of aromatic nitrogens is 1. The molecule has 0 atom stereocenters. The number of aryl methyl sites for hydroxylation is 1. The van der Waals surface area contributed by atoms with Gasteiger partial charge in [-0.1, -0.05) is 108 Å². The first kappa shape index (κ1) is 26.1. The number of hydrogen-bond acceptors (Lipinski definition) is 2. The van der Waals surface area contributed by atoms with E-state index in [0.29, 0.717) is 0 Å². The van der Waals surface area contributed by atoms with Crippen LogP contribution in [-0.4, -0.2) is 30.4 Å². The second-order valence-corrected chi connectivity index (χ2v) is 11.2. The molecular formula is C34H28N2O2S. The molecule has 4 nitrogen and oxygen atoms in total. The largest absolute Gasteiger partial charge is 0.342 e. The molecule has 0 unspecified atom stereocenters. The monoisotopic (exact) mass is 528 g/mol. The number of fused-ring (bicyclic) bond motifs is 1. The molecule has 0 radical (unpaired) electrons. The van der Waals surface area contributed by atoms with E-state index in [-0.39, 0.29) is 18.0 Å². The van der Waals surface area contributed by atoms with E-state index in [1.54, 1.807) is 24.3 Å². The Morgan fingerprint density at radius 2 is 1.33 bits per heavy atom. The number of rotatable bonds is 6. The van der Waals surface area contributed by atoms with E-state index in [9.17, 15) is 8.42 Å². The third kappa shape index (κ3) is 6.30. The predicted octanol–water partition coefficient (Wildman–Crippen LogP) is 6.09. The van der Waals surface area contributed by atoms with Crippen LogP contribution in [0.3, 0.4) is 0 Å². The van der Waals surface area contributed by atoms with E-state index in [1.807, 2.05) is 79.9 Å². The summed E-state index contributed by atoms with van der Waals surface area (Å²) in [4.78, 5) is 0.232. The van der Waals surface area contributed by atoms with Crippen molar-refractivity contribution in [3.8, 4) is 23.7 Å². The quantitative estimate of drug-likeness (QED) is 0.250. The highest BCUT2D eigenvalue weighted by Crippen LogP contribution is 2.22. The van der Waals surface area contributed by atoms with Crippen molar-refractivity contribution in [1.82, 2.24) is 8.87 Å². The fourth-order valence-corrected chi connectivity index (χ4v) is 5.56. The molecule has 0 bridgehead atoms. The highest BCUT2D eigenvalue weighted by atomic mass is 32.2. The van der Waals surface area contributed by atoms with Crippen molar-refractivity contribution in [2.45, 2.75) is 18.4 Å². The van der Waals surface area contributed by atoms with Crippen LogP contribution in [-0.2, 0) is 16.6 Å². The number of benzene rings is 4. The molecule has 4 aromatic carbocycles. The topological polar surface area (TPSA) is 42.3 Å². The van der Waals surface area contributed by atoms with Gasteiger partial charge in [0.2, 0.25) is 10.0 Å². The molecule has 0 aliphatic rings. The van der Waals surface area contributed by atoms with Crippen molar-refractivity contribution in [3.05, 3.63) is 138 Å². The van der Waals surface area contributed by atoms with Gasteiger partial charge >= 0.3 is 0 Å². The summed E-state index contributed by atoms with van der Waals surface area (Å²) in [6, 6.07) is 34.8. The lowest BCUT2D eigenvalue weighted by Crippen LogP contribution is -2.32. The van der Waals surface area contributed by atoms with E-state index in [2.05, 4.69) is 46.4 Å². The lowest BCUT2D eigenvalue weighted by atomic mass is 10.2. The summed E-state index contributed by atoms with van der Waals surface area (Å²) in [7, 11) is -3.78. The smallest absolute Gasteiger partial charge is 0.244 e. The molecule has 0 N–H and O–H groups in total. The molecule has 0 aliphatic carbocycles. The van der Waals surface area contributed by atoms with Crippen LogP contribution in [0.25, 0.3) is 10.9 Å². The Hall–Kier alpha value is -4.55. The van der Waals surface area contributed by atoms with Gasteiger partial charge < -0.3 is 4.57 Å². The Bertz CT molecular complexity index is 1800. The van der Waals surface area contributed by atoms with Crippen molar-refractivity contribution in [2.24, 2.45) is 0 Å². The summed E-state index contributed by atoms with van der Waals surface area (Å²) in [5.41, 5.74) is 4.98. The fraction of sp³-hybridized carbons (Fsp3) is 0.118. The first-order valence-electron chi connectivity index (χ1n) is 12.7. The Balaban J connectivity index is 1.44. The fourth-order valence-electron chi connectivity index (χ4n) is 4.32. The Labute approximate surface area is 230 Å². The SMILES string of the molecule is Cc1ccc(S(=O)(=O)N(CC#Cc2ccccc2)CC#Cc2cn(Cc3ccccc3)c3ccccc23)cc1. The molecule has 0 saturated heterocycles. The highest BCUT2D eigenvalue weighted by Gasteiger charge is 2.23. The normalized spacial score (nSPS) is 11.0. The summed E-state index contributed by atoms with van der Waals surface area (Å²) in [6.45, 7) is 2.72. The Morgan fingerprint density at radius 1 is 0.718 bits per heavy atom. The van der Waals surface area contributed by atoms with Gasteiger partial charge in [-0.2, -0.15) is 4.31 Å². The lowest BCUT2D eigenvalue weighted by molar-refractivity contribution is 0.482. The van der Waals surface area contributed by atoms with Crippen molar-refractivity contribution in [1.29, 1.82) is 0 Å². The molecule has 0 fully saturated rings. The lowest BCUT2D eigenvalue weighted by Gasteiger charge is -2.17. The molecule has 1 heterocycles. The van der Waals surface area contributed by atoms with Gasteiger partial charge in [0.05, 0.1) is 23.5 Å². The maximum Gasteiger partial charge on any atom is 0.244 e. The number of sulfonamides is 1. The second-order valence-electron chi connectivity index (χ2n) is 9.23. The van der Waals surface area contributed by atoms with Gasteiger partial charge in [-0.05, 0) is 42.8 Å². The first-order valence-corrected chi connectivity index (χ1v) is 14.2. The number of para-hydroxylation sites is 1. The van der Waals surface area contributed by atoms with Crippen LogP contribution in [0.1, 0.15) is 22.3 Å². The van der Waals surface area contributed by atoms with E-state index in [1.165, 1.54) is 9.87 Å². The van der Waals surface area contributed by atoms with Crippen LogP contribution in [0.2, 0.25) is 0 Å². The van der Waals surface area contributed by atoms with Crippen molar-refractivity contribution < 1.29 is 8.42 Å². The van der Waals surface area contributed by atoms with Gasteiger partial charge in [-0.3, -0.25) is 0 Å². The standard InChI is InChI=1S/C34H28N2O2S/c1-28-20-22-32(23-21-28)39(37,38)36(24-10-16-29-12-4-2-5-13-29)25-11-17-31-27-35(26-30-14-6-3-7-15-30)34-19-9-8-18-33(31)34/h2-9,12-15,18-23,27H,24-26H2,1H3. The first-order chi connectivity index (χ1) is 19.0. The van der Waals surface area contributed by atoms with Crippen LogP contribution < -0.4 is 0 Å². The summed E-state index contributed by atoms with van der Waals surface area (Å²) < 4.78 is 30.6. The molecule has 39 heavy (non-hydrogen) atoms. The Morgan fingerprint density at radius 3 is 2.05 bits per heavy atom. The summed E-state index contributed by atoms with van der Waals surface area (Å²) in [5.74, 6) is 12.4. The molecule has 5 rings (SSSR count). The average molecular weight is 529 g/mol. The van der Waals surface area contributed by atoms with Gasteiger partial charge in [0.25, 0.3) is 0 Å². The van der Waals surface area contributed by atoms with Crippen LogP contribution in [0.4, 0.5) is 0 Å². The van der Waals surface area contributed by atoms with Crippen LogP contribution in [0.5, 0.6) is 0 Å². The molecule has 0 saturated carbocycles. The van der Waals surface area contributed by atoms with Gasteiger partial charge in [0.1, 0.15) is 0 Å². The molecule has 0 aliphatic heterocycles. The van der Waals surface area contributed by atoms with Gasteiger partial charge in [-0.15, -0.1) is 0 Å². The molecule has 192 valence electrons. The maximum absolute atomic E-state index is 13.5. The van der Waals surface area contributed by atoms with Crippen LogP contribution in [0, 0.1) is 30.6 Å². The molecule has 1 aromatic heterocycles. The zero-order valence-electron chi connectivity index (χ0n) is 21.7. The minimum atomic E-state index is -3.78. The van der Waals surface area contributed by atoms with E-state index >= 15 is 0 Å². The van der Waals surface area contributed by atoms with Gasteiger partial charge in [0.15, 0.2) is 0 Å². The summed E-state index contributed by atoms with van der Waals surface area (Å²) in [5, 5.41) is 1.04. The van der Waals surface area contributed by atoms with Crippen LogP contribution in [0.15, 0.2) is 120 Å². The molecule has 0 amide bonds. The number of hydrogen-bond donors (Lipinski definition) is 0. The summed E-state index contributed by atoms with van der Waals surface area (Å²) in [6.07, 6.45) is 2.04. The van der Waals surface area contributed by atoms with Gasteiger partial charge in [0, 0.05) is 29.2 Å². The molecule has 0 spiro atoms. The minimum Gasteiger partial charge on any atom is -0.342 e. The van der Waals surface area contributed by atoms with E-state index in [4.69, 9.17) is 0 Å². The van der Waals surface area contributed by atoms with E-state index < -0.39 is 10.0 Å². The average Bonchev–Trinajstić information content (AvgIpc) is 3.30. The predicted molar refractivity (Wildman–Crippen MR) is 158 cm³/mol.